The van der Waals surface area contributed by atoms with Crippen LogP contribution in [0.5, 0.6) is 0 Å². The molecule has 2 aliphatic rings. The molecule has 29 heavy (non-hydrogen) atoms. The van der Waals surface area contributed by atoms with E-state index in [1.807, 2.05) is 37.3 Å². The van der Waals surface area contributed by atoms with Crippen molar-refractivity contribution < 1.29 is 9.53 Å². The van der Waals surface area contributed by atoms with E-state index in [0.29, 0.717) is 49.8 Å². The highest BCUT2D eigenvalue weighted by atomic mass is 16.5. The number of rotatable bonds is 3. The number of H-pyrrole nitrogens is 1. The smallest absolute Gasteiger partial charge is 0.278 e. The van der Waals surface area contributed by atoms with Gasteiger partial charge in [0.25, 0.3) is 5.56 Å². The summed E-state index contributed by atoms with van der Waals surface area (Å²) >= 11 is 0. The van der Waals surface area contributed by atoms with Gasteiger partial charge in [0.05, 0.1) is 44.1 Å². The van der Waals surface area contributed by atoms with Crippen molar-refractivity contribution in [2.75, 3.05) is 32.8 Å². The number of nitrogens with zero attached hydrogens (tertiary/aromatic N) is 4. The Hall–Kier alpha value is -2.97. The van der Waals surface area contributed by atoms with E-state index in [4.69, 9.17) is 9.72 Å². The van der Waals surface area contributed by atoms with Crippen molar-refractivity contribution in [3.8, 4) is 11.1 Å². The molecular formula is C21H23N5O3. The summed E-state index contributed by atoms with van der Waals surface area (Å²) in [5.74, 6) is 0.0254. The van der Waals surface area contributed by atoms with Gasteiger partial charge in [-0.15, -0.1) is 0 Å². The second-order valence-electron chi connectivity index (χ2n) is 7.62. The van der Waals surface area contributed by atoms with Gasteiger partial charge >= 0.3 is 0 Å². The lowest BCUT2D eigenvalue weighted by Gasteiger charge is -2.27. The third-order valence-corrected chi connectivity index (χ3v) is 5.71. The Balaban J connectivity index is 1.47. The normalized spacial score (nSPS) is 17.1. The van der Waals surface area contributed by atoms with E-state index >= 15 is 0 Å². The van der Waals surface area contributed by atoms with Crippen LogP contribution >= 0.6 is 0 Å². The van der Waals surface area contributed by atoms with Crippen LogP contribution in [-0.2, 0) is 22.6 Å². The zero-order valence-corrected chi connectivity index (χ0v) is 16.4. The van der Waals surface area contributed by atoms with Gasteiger partial charge in [0.1, 0.15) is 0 Å². The number of hydrogen-bond acceptors (Lipinski definition) is 5. The van der Waals surface area contributed by atoms with E-state index in [-0.39, 0.29) is 11.5 Å². The van der Waals surface area contributed by atoms with Crippen LogP contribution < -0.4 is 5.56 Å². The molecular weight excluding hydrogens is 370 g/mol. The van der Waals surface area contributed by atoms with Crippen LogP contribution in [0.25, 0.3) is 16.8 Å². The Labute approximate surface area is 167 Å². The Bertz CT molecular complexity index is 1130. The molecule has 4 heterocycles. The SMILES string of the molecule is Cc1[nH]n2c(=O)c3c(nc2c1-c1ccccc1)CN(C(=O)CN1CCOCC1)C3. The molecule has 2 aromatic heterocycles. The molecule has 0 radical (unpaired) electrons. The number of carbonyl (C=O) groups is 1. The third-order valence-electron chi connectivity index (χ3n) is 5.71. The van der Waals surface area contributed by atoms with Crippen LogP contribution in [0.4, 0.5) is 0 Å². The Morgan fingerprint density at radius 1 is 1.17 bits per heavy atom. The van der Waals surface area contributed by atoms with Gasteiger partial charge in [-0.3, -0.25) is 19.6 Å². The van der Waals surface area contributed by atoms with Crippen molar-refractivity contribution in [2.24, 2.45) is 0 Å². The fourth-order valence-corrected chi connectivity index (χ4v) is 4.16. The number of amides is 1. The summed E-state index contributed by atoms with van der Waals surface area (Å²) in [6, 6.07) is 9.91. The van der Waals surface area contributed by atoms with Gasteiger partial charge in [0.2, 0.25) is 5.91 Å². The first kappa shape index (κ1) is 18.1. The first-order valence-electron chi connectivity index (χ1n) is 9.88. The fourth-order valence-electron chi connectivity index (χ4n) is 4.16. The molecule has 8 heteroatoms. The molecule has 1 saturated heterocycles. The summed E-state index contributed by atoms with van der Waals surface area (Å²) < 4.78 is 6.85. The number of benzene rings is 1. The summed E-state index contributed by atoms with van der Waals surface area (Å²) in [5.41, 5.74) is 4.60. The second-order valence-corrected chi connectivity index (χ2v) is 7.62. The van der Waals surface area contributed by atoms with E-state index in [9.17, 15) is 9.59 Å². The topological polar surface area (TPSA) is 82.9 Å². The van der Waals surface area contributed by atoms with E-state index in [1.54, 1.807) is 4.90 Å². The van der Waals surface area contributed by atoms with Gasteiger partial charge in [-0.2, -0.15) is 0 Å². The zero-order chi connectivity index (χ0) is 20.0. The van der Waals surface area contributed by atoms with Gasteiger partial charge in [0.15, 0.2) is 5.65 Å². The lowest BCUT2D eigenvalue weighted by Crippen LogP contribution is -2.43. The molecule has 0 unspecified atom stereocenters. The first-order chi connectivity index (χ1) is 14.1. The molecule has 5 rings (SSSR count). The minimum Gasteiger partial charge on any atom is -0.379 e. The van der Waals surface area contributed by atoms with Crippen LogP contribution in [-0.4, -0.2) is 63.2 Å². The summed E-state index contributed by atoms with van der Waals surface area (Å²) in [6.07, 6.45) is 0. The van der Waals surface area contributed by atoms with Gasteiger partial charge in [0, 0.05) is 24.3 Å². The highest BCUT2D eigenvalue weighted by Crippen LogP contribution is 2.28. The van der Waals surface area contributed by atoms with Crippen molar-refractivity contribution in [2.45, 2.75) is 20.0 Å². The number of fused-ring (bicyclic) bond motifs is 2. The molecule has 1 amide bonds. The molecule has 0 atom stereocenters. The zero-order valence-electron chi connectivity index (χ0n) is 16.4. The number of morpholine rings is 1. The number of nitrogens with one attached hydrogen (secondary N) is 1. The van der Waals surface area contributed by atoms with Crippen LogP contribution in [0.1, 0.15) is 17.0 Å². The van der Waals surface area contributed by atoms with Crippen molar-refractivity contribution in [1.29, 1.82) is 0 Å². The van der Waals surface area contributed by atoms with Crippen molar-refractivity contribution >= 4 is 11.6 Å². The van der Waals surface area contributed by atoms with Crippen molar-refractivity contribution in [3.63, 3.8) is 0 Å². The number of aromatic nitrogens is 3. The number of aryl methyl sites for hydroxylation is 1. The van der Waals surface area contributed by atoms with E-state index in [0.717, 1.165) is 29.9 Å². The largest absolute Gasteiger partial charge is 0.379 e. The van der Waals surface area contributed by atoms with Crippen LogP contribution in [0.3, 0.4) is 0 Å². The van der Waals surface area contributed by atoms with Gasteiger partial charge in [-0.05, 0) is 12.5 Å². The summed E-state index contributed by atoms with van der Waals surface area (Å²) in [5, 5.41) is 3.15. The predicted molar refractivity (Wildman–Crippen MR) is 107 cm³/mol. The first-order valence-corrected chi connectivity index (χ1v) is 9.88. The van der Waals surface area contributed by atoms with Gasteiger partial charge < -0.3 is 9.64 Å². The Morgan fingerprint density at radius 3 is 2.69 bits per heavy atom. The quantitative estimate of drug-likeness (QED) is 0.722. The Kier molecular flexibility index (Phi) is 4.44. The molecule has 1 fully saturated rings. The van der Waals surface area contributed by atoms with E-state index < -0.39 is 0 Å². The fraction of sp³-hybridized carbons (Fsp3) is 0.381. The van der Waals surface area contributed by atoms with Crippen LogP contribution in [0, 0.1) is 6.92 Å². The van der Waals surface area contributed by atoms with Crippen molar-refractivity contribution in [1.82, 2.24) is 24.4 Å². The molecule has 0 spiro atoms. The standard InChI is InChI=1S/C21H23N5O3/c1-14-19(15-5-3-2-4-6-15)20-22-17-12-25(11-16(17)21(28)26(20)23-14)18(27)13-24-7-9-29-10-8-24/h2-6,23H,7-13H2,1H3. The maximum atomic E-state index is 13.1. The maximum Gasteiger partial charge on any atom is 0.278 e. The molecule has 2 aliphatic heterocycles. The predicted octanol–water partition coefficient (Wildman–Crippen LogP) is 1.17. The molecule has 1 N–H and O–H groups in total. The summed E-state index contributed by atoms with van der Waals surface area (Å²) in [6.45, 7) is 5.82. The molecule has 150 valence electrons. The monoisotopic (exact) mass is 393 g/mol. The molecule has 8 nitrogen and oxygen atoms in total. The summed E-state index contributed by atoms with van der Waals surface area (Å²) in [7, 11) is 0. The molecule has 0 bridgehead atoms. The van der Waals surface area contributed by atoms with E-state index in [1.165, 1.54) is 4.52 Å². The minimum atomic E-state index is -0.128. The lowest BCUT2D eigenvalue weighted by molar-refractivity contribution is -0.134. The molecule has 0 aliphatic carbocycles. The average molecular weight is 393 g/mol. The van der Waals surface area contributed by atoms with Gasteiger partial charge in [-0.25, -0.2) is 9.50 Å². The van der Waals surface area contributed by atoms with Crippen LogP contribution in [0.2, 0.25) is 0 Å². The maximum absolute atomic E-state index is 13.1. The highest BCUT2D eigenvalue weighted by molar-refractivity contribution is 5.81. The number of aromatic amines is 1. The highest BCUT2D eigenvalue weighted by Gasteiger charge is 2.30. The Morgan fingerprint density at radius 2 is 1.93 bits per heavy atom. The third kappa shape index (κ3) is 3.14. The average Bonchev–Trinajstić information content (AvgIpc) is 3.31. The molecule has 3 aromatic rings. The van der Waals surface area contributed by atoms with Gasteiger partial charge in [-0.1, -0.05) is 30.3 Å². The minimum absolute atomic E-state index is 0.0254. The molecule has 0 saturated carbocycles. The number of hydrogen-bond donors (Lipinski definition) is 1. The molecule has 1 aromatic carbocycles. The van der Waals surface area contributed by atoms with E-state index in [2.05, 4.69) is 10.00 Å². The summed E-state index contributed by atoms with van der Waals surface area (Å²) in [4.78, 5) is 34.5. The lowest BCUT2D eigenvalue weighted by atomic mass is 10.1. The van der Waals surface area contributed by atoms with Crippen LogP contribution in [0.15, 0.2) is 35.1 Å². The number of carbonyl (C=O) groups excluding carboxylic acids is 1. The second kappa shape index (κ2) is 7.13. The van der Waals surface area contributed by atoms with Crippen molar-refractivity contribution in [3.05, 3.63) is 57.6 Å². The number of ether oxygens (including phenoxy) is 1.